The van der Waals surface area contributed by atoms with Crippen molar-refractivity contribution in [2.45, 2.75) is 43.1 Å². The topological polar surface area (TPSA) is 549 Å². The van der Waals surface area contributed by atoms with Crippen LogP contribution in [0, 0.1) is 21.6 Å². The Balaban J connectivity index is 1.57. The van der Waals surface area contributed by atoms with E-state index in [1.54, 1.807) is 60.7 Å². The first-order valence-electron chi connectivity index (χ1n) is 20.6. The SMILES string of the molecule is N=C(N)NC(NC(=O)C(NC(=N)N)NC(=O)C(NC(=N)N)NC(=O)C(NC(=N)N)NC(=O)C(NC(=O)C(O)Nc1nc(-c2ccc(Cl)cc2)cc(-c2ccc(Cl)cc2)n1)c1ccccc1)C(=O)NC(N)C(N)=O. The van der Waals surface area contributed by atoms with Crippen LogP contribution in [0.4, 0.5) is 5.95 Å². The van der Waals surface area contributed by atoms with Crippen LogP contribution in [0.2, 0.25) is 10.0 Å². The first-order valence-corrected chi connectivity index (χ1v) is 21.4. The number of primary amides is 1. The summed E-state index contributed by atoms with van der Waals surface area (Å²) in [5.41, 5.74) is 34.2. The van der Waals surface area contributed by atoms with Crippen LogP contribution in [0.1, 0.15) is 11.6 Å². The normalized spacial score (nSPS) is 13.4. The van der Waals surface area contributed by atoms with Gasteiger partial charge in [0.1, 0.15) is 6.04 Å². The second-order valence-corrected chi connectivity index (χ2v) is 15.6. The summed E-state index contributed by atoms with van der Waals surface area (Å²) in [6.45, 7) is 0. The fourth-order valence-electron chi connectivity index (χ4n) is 5.90. The standard InChI is InChI=1S/C40H49Cl2N23O8/c41-18-10-6-15(7-11-18)20-14-21(16-8-12-19(42)13-9-16)54-40(53-20)65-35(73)34(72)55-22(17-4-2-1-3-5-17)29(67)57-26(62-37(47)48)31(69)59-28(64-39(51)52)33(71)60-27(63-38(49)50)32(70)58-25(61-36(45)46)30(68)56-23(43)24(44)66/h1-14,22-23,25-28,35,73H,43H2,(H2,44,66)(H,55,72)(H,56,68)(H,57,67)(H,58,70)(H,59,69)(H,60,71)(H4,45,46,61)(H4,47,48,62)(H4,49,50,63)(H4,51,52,64)(H,53,54,65). The highest BCUT2D eigenvalue weighted by atomic mass is 35.5. The Kier molecular flexibility index (Phi) is 19.8. The van der Waals surface area contributed by atoms with E-state index in [9.17, 15) is 38.7 Å². The number of rotatable bonds is 22. The number of nitrogens with zero attached hydrogens (tertiary/aromatic N) is 2. The largest absolute Gasteiger partial charge is 0.370 e. The third-order valence-electron chi connectivity index (χ3n) is 9.20. The van der Waals surface area contributed by atoms with Gasteiger partial charge in [-0.05, 0) is 35.9 Å². The second-order valence-electron chi connectivity index (χ2n) is 14.8. The molecule has 73 heavy (non-hydrogen) atoms. The molecular formula is C40H49Cl2N23O8. The van der Waals surface area contributed by atoms with Crippen molar-refractivity contribution in [2.75, 3.05) is 5.32 Å². The minimum absolute atomic E-state index is 0.0975. The number of aliphatic hydroxyl groups is 1. The summed E-state index contributed by atoms with van der Waals surface area (Å²) in [5, 5.41) is 66.3. The average Bonchev–Trinajstić information content (AvgIpc) is 3.32. The van der Waals surface area contributed by atoms with E-state index < -0.39 is 108 Å². The van der Waals surface area contributed by atoms with E-state index in [0.717, 1.165) is 0 Å². The third kappa shape index (κ3) is 17.4. The number of carbonyl (C=O) groups is 7. The number of nitrogens with two attached hydrogens (primary N) is 6. The molecule has 1 heterocycles. The van der Waals surface area contributed by atoms with Gasteiger partial charge in [-0.25, -0.2) is 9.97 Å². The summed E-state index contributed by atoms with van der Waals surface area (Å²) in [5.74, 6) is -13.0. The van der Waals surface area contributed by atoms with Gasteiger partial charge in [0.05, 0.1) is 11.4 Å². The molecule has 0 aliphatic rings. The number of guanidine groups is 4. The molecule has 0 saturated heterocycles. The summed E-state index contributed by atoms with van der Waals surface area (Å²) >= 11 is 12.2. The van der Waals surface area contributed by atoms with E-state index in [2.05, 4.69) is 47.2 Å². The predicted molar refractivity (Wildman–Crippen MR) is 263 cm³/mol. The number of aromatic nitrogens is 2. The van der Waals surface area contributed by atoms with E-state index in [1.165, 1.54) is 24.3 Å². The fraction of sp³-hybridized carbons (Fsp3) is 0.175. The average molecular weight is 1050 g/mol. The zero-order valence-corrected chi connectivity index (χ0v) is 39.1. The molecule has 0 radical (unpaired) electrons. The lowest BCUT2D eigenvalue weighted by Crippen LogP contribution is -2.69. The molecule has 7 amide bonds. The molecule has 0 aliphatic heterocycles. The van der Waals surface area contributed by atoms with Gasteiger partial charge in [-0.3, -0.25) is 55.2 Å². The lowest BCUT2D eigenvalue weighted by atomic mass is 10.1. The molecule has 0 bridgehead atoms. The van der Waals surface area contributed by atoms with Crippen LogP contribution in [-0.2, 0) is 33.6 Å². The molecule has 386 valence electrons. The molecule has 7 atom stereocenters. The van der Waals surface area contributed by atoms with Crippen molar-refractivity contribution < 1.29 is 38.7 Å². The van der Waals surface area contributed by atoms with Crippen molar-refractivity contribution in [1.29, 1.82) is 21.6 Å². The van der Waals surface area contributed by atoms with Gasteiger partial charge in [0.25, 0.3) is 35.4 Å². The highest BCUT2D eigenvalue weighted by Gasteiger charge is 2.35. The summed E-state index contributed by atoms with van der Waals surface area (Å²) < 4.78 is 0. The molecule has 33 heteroatoms. The number of benzene rings is 3. The Morgan fingerprint density at radius 1 is 0.479 bits per heavy atom. The smallest absolute Gasteiger partial charge is 0.270 e. The Bertz CT molecular complexity index is 2670. The molecule has 28 N–H and O–H groups in total. The van der Waals surface area contributed by atoms with Crippen LogP contribution in [0.3, 0.4) is 0 Å². The maximum atomic E-state index is 14.1. The maximum Gasteiger partial charge on any atom is 0.270 e. The first-order chi connectivity index (χ1) is 34.4. The lowest BCUT2D eigenvalue weighted by Gasteiger charge is -2.28. The van der Waals surface area contributed by atoms with Gasteiger partial charge >= 0.3 is 0 Å². The van der Waals surface area contributed by atoms with Gasteiger partial charge in [0.15, 0.2) is 54.7 Å². The van der Waals surface area contributed by atoms with Crippen LogP contribution in [0.5, 0.6) is 0 Å². The number of amides is 7. The number of hydrogen-bond acceptors (Lipinski definition) is 16. The van der Waals surface area contributed by atoms with E-state index in [1.807, 2.05) is 21.3 Å². The Morgan fingerprint density at radius 3 is 1.19 bits per heavy atom. The molecule has 0 saturated carbocycles. The third-order valence-corrected chi connectivity index (χ3v) is 9.70. The van der Waals surface area contributed by atoms with Crippen molar-refractivity contribution in [3.63, 3.8) is 0 Å². The summed E-state index contributed by atoms with van der Waals surface area (Å²) in [4.78, 5) is 102. The van der Waals surface area contributed by atoms with Gasteiger partial charge < -0.3 is 98.0 Å². The van der Waals surface area contributed by atoms with Crippen molar-refractivity contribution >= 4 is 94.3 Å². The number of anilines is 1. The van der Waals surface area contributed by atoms with E-state index in [4.69, 9.17) is 79.2 Å². The number of hydrogen-bond donors (Lipinski definition) is 22. The van der Waals surface area contributed by atoms with Crippen molar-refractivity contribution in [2.24, 2.45) is 34.4 Å². The molecule has 0 fully saturated rings. The first kappa shape index (κ1) is 56.0. The second kappa shape index (κ2) is 25.9. The van der Waals surface area contributed by atoms with Crippen LogP contribution in [0.25, 0.3) is 22.5 Å². The lowest BCUT2D eigenvalue weighted by molar-refractivity contribution is -0.136. The van der Waals surface area contributed by atoms with E-state index in [0.29, 0.717) is 32.6 Å². The highest BCUT2D eigenvalue weighted by Crippen LogP contribution is 2.27. The fourth-order valence-corrected chi connectivity index (χ4v) is 6.16. The maximum absolute atomic E-state index is 14.1. The Hall–Kier alpha value is -9.59. The molecular weight excluding hydrogens is 1000 g/mol. The molecule has 7 unspecified atom stereocenters. The van der Waals surface area contributed by atoms with Gasteiger partial charge in [0, 0.05) is 21.2 Å². The molecule has 4 rings (SSSR count). The molecule has 0 spiro atoms. The highest BCUT2D eigenvalue weighted by molar-refractivity contribution is 6.31. The molecule has 1 aromatic heterocycles. The van der Waals surface area contributed by atoms with Crippen LogP contribution in [-0.4, -0.2) is 117 Å². The number of carbonyl (C=O) groups excluding carboxylic acids is 7. The minimum Gasteiger partial charge on any atom is -0.370 e. The van der Waals surface area contributed by atoms with Gasteiger partial charge in [-0.2, -0.15) is 0 Å². The molecule has 0 aliphatic carbocycles. The Morgan fingerprint density at radius 2 is 0.836 bits per heavy atom. The number of nitrogens with one attached hydrogen (secondary N) is 15. The number of halogens is 2. The van der Waals surface area contributed by atoms with Crippen molar-refractivity contribution in [1.82, 2.24) is 63.1 Å². The monoisotopic (exact) mass is 1050 g/mol. The van der Waals surface area contributed by atoms with E-state index >= 15 is 0 Å². The van der Waals surface area contributed by atoms with Crippen LogP contribution in [0.15, 0.2) is 84.9 Å². The van der Waals surface area contributed by atoms with Gasteiger partial charge in [-0.15, -0.1) is 0 Å². The molecule has 31 nitrogen and oxygen atoms in total. The van der Waals surface area contributed by atoms with Gasteiger partial charge in [-0.1, -0.05) is 77.8 Å². The van der Waals surface area contributed by atoms with Gasteiger partial charge in [0.2, 0.25) is 18.1 Å². The Labute approximate surface area is 422 Å². The summed E-state index contributed by atoms with van der Waals surface area (Å²) in [7, 11) is 0. The van der Waals surface area contributed by atoms with Crippen molar-refractivity contribution in [3.05, 3.63) is 101 Å². The zero-order chi connectivity index (χ0) is 54.1. The zero-order valence-electron chi connectivity index (χ0n) is 37.5. The predicted octanol–water partition coefficient (Wildman–Crippen LogP) is -5.71. The quantitative estimate of drug-likeness (QED) is 0.0198. The number of aliphatic hydroxyl groups excluding tert-OH is 1. The van der Waals surface area contributed by atoms with Crippen LogP contribution >= 0.6 is 23.2 Å². The van der Waals surface area contributed by atoms with Crippen LogP contribution < -0.4 is 92.9 Å². The summed E-state index contributed by atoms with van der Waals surface area (Å²) in [6.07, 6.45) is -12.3. The molecule has 3 aromatic carbocycles. The van der Waals surface area contributed by atoms with Crippen molar-refractivity contribution in [3.8, 4) is 22.5 Å². The molecule has 4 aromatic rings. The summed E-state index contributed by atoms with van der Waals surface area (Å²) in [6, 6.07) is 20.6. The van der Waals surface area contributed by atoms with E-state index in [-0.39, 0.29) is 11.5 Å². The minimum atomic E-state index is -2.16.